The number of carbonyl (C=O) groups is 2. The predicted molar refractivity (Wildman–Crippen MR) is 160 cm³/mol. The van der Waals surface area contributed by atoms with Gasteiger partial charge in [-0.15, -0.1) is 11.3 Å². The molecule has 1 aromatic carbocycles. The number of aryl methyl sites for hydroxylation is 1. The maximum absolute atomic E-state index is 13.5. The van der Waals surface area contributed by atoms with Gasteiger partial charge in [0, 0.05) is 52.4 Å². The van der Waals surface area contributed by atoms with Crippen LogP contribution >= 0.6 is 11.3 Å². The van der Waals surface area contributed by atoms with Gasteiger partial charge in [-0.25, -0.2) is 0 Å². The van der Waals surface area contributed by atoms with E-state index in [0.717, 1.165) is 60.2 Å². The molecule has 5 rings (SSSR count). The SMILES string of the molecule is CCN(CC)CC(=O)C1CCCC(NC(=O)c2ccc3[nH]nc(-c4ccnc(C)c4)c3c2)CN1Cc1cccs1. The zero-order valence-electron chi connectivity index (χ0n) is 23.5. The number of hydrogen-bond acceptors (Lipinski definition) is 7. The van der Waals surface area contributed by atoms with Gasteiger partial charge in [0.05, 0.1) is 18.1 Å². The molecule has 4 aromatic rings. The van der Waals surface area contributed by atoms with Crippen LogP contribution in [0.1, 0.15) is 54.0 Å². The van der Waals surface area contributed by atoms with Crippen molar-refractivity contribution < 1.29 is 9.59 Å². The Kier molecular flexibility index (Phi) is 9.04. The molecule has 210 valence electrons. The van der Waals surface area contributed by atoms with Gasteiger partial charge in [-0.1, -0.05) is 19.9 Å². The summed E-state index contributed by atoms with van der Waals surface area (Å²) in [6.45, 7) is 9.71. The summed E-state index contributed by atoms with van der Waals surface area (Å²) < 4.78 is 0. The molecule has 9 heteroatoms. The summed E-state index contributed by atoms with van der Waals surface area (Å²) >= 11 is 1.71. The molecule has 1 saturated heterocycles. The second kappa shape index (κ2) is 12.8. The number of fused-ring (bicyclic) bond motifs is 1. The van der Waals surface area contributed by atoms with Crippen LogP contribution in [0.5, 0.6) is 0 Å². The molecule has 0 radical (unpaired) electrons. The Morgan fingerprint density at radius 3 is 2.75 bits per heavy atom. The van der Waals surface area contributed by atoms with E-state index in [-0.39, 0.29) is 23.8 Å². The first-order chi connectivity index (χ1) is 19.4. The highest BCUT2D eigenvalue weighted by Gasteiger charge is 2.32. The van der Waals surface area contributed by atoms with Crippen molar-refractivity contribution >= 4 is 33.9 Å². The predicted octanol–water partition coefficient (Wildman–Crippen LogP) is 5.06. The molecule has 0 bridgehead atoms. The lowest BCUT2D eigenvalue weighted by Crippen LogP contribution is -2.49. The minimum absolute atomic E-state index is 0.0407. The molecule has 0 spiro atoms. The van der Waals surface area contributed by atoms with Crippen molar-refractivity contribution in [2.45, 2.75) is 58.7 Å². The van der Waals surface area contributed by atoms with Gasteiger partial charge in [0.2, 0.25) is 0 Å². The van der Waals surface area contributed by atoms with Crippen molar-refractivity contribution in [1.29, 1.82) is 0 Å². The second-order valence-electron chi connectivity index (χ2n) is 10.6. The Morgan fingerprint density at radius 1 is 1.15 bits per heavy atom. The summed E-state index contributed by atoms with van der Waals surface area (Å²) in [7, 11) is 0. The number of aromatic nitrogens is 3. The van der Waals surface area contributed by atoms with E-state index in [0.29, 0.717) is 25.2 Å². The molecule has 8 nitrogen and oxygen atoms in total. The molecular weight excluding hydrogens is 520 g/mol. The van der Waals surface area contributed by atoms with E-state index in [4.69, 9.17) is 0 Å². The molecule has 1 fully saturated rings. The van der Waals surface area contributed by atoms with E-state index in [1.807, 2.05) is 37.3 Å². The number of H-pyrrole nitrogens is 1. The van der Waals surface area contributed by atoms with Crippen LogP contribution in [-0.2, 0) is 11.3 Å². The molecular formula is C31H38N6O2S. The minimum Gasteiger partial charge on any atom is -0.348 e. The molecule has 1 amide bonds. The maximum atomic E-state index is 13.5. The van der Waals surface area contributed by atoms with E-state index in [9.17, 15) is 9.59 Å². The number of rotatable bonds is 10. The van der Waals surface area contributed by atoms with Crippen molar-refractivity contribution in [3.63, 3.8) is 0 Å². The van der Waals surface area contributed by atoms with Gasteiger partial charge in [-0.05, 0) is 81.1 Å². The third kappa shape index (κ3) is 6.49. The normalized spacial score (nSPS) is 18.2. The van der Waals surface area contributed by atoms with Gasteiger partial charge in [-0.2, -0.15) is 5.10 Å². The fraction of sp³-hybridized carbons (Fsp3) is 0.419. The topological polar surface area (TPSA) is 94.2 Å². The summed E-state index contributed by atoms with van der Waals surface area (Å²) in [4.78, 5) is 37.0. The molecule has 0 saturated carbocycles. The summed E-state index contributed by atoms with van der Waals surface area (Å²) in [5.41, 5.74) is 4.17. The van der Waals surface area contributed by atoms with E-state index < -0.39 is 0 Å². The van der Waals surface area contributed by atoms with Crippen molar-refractivity contribution in [1.82, 2.24) is 30.3 Å². The van der Waals surface area contributed by atoms with Gasteiger partial charge in [0.25, 0.3) is 5.91 Å². The Balaban J connectivity index is 1.34. The molecule has 2 N–H and O–H groups in total. The lowest BCUT2D eigenvalue weighted by molar-refractivity contribution is -0.125. The number of pyridine rings is 1. The summed E-state index contributed by atoms with van der Waals surface area (Å²) in [6.07, 6.45) is 4.33. The molecule has 3 aromatic heterocycles. The smallest absolute Gasteiger partial charge is 0.251 e. The number of amides is 1. The monoisotopic (exact) mass is 558 g/mol. The largest absolute Gasteiger partial charge is 0.348 e. The summed E-state index contributed by atoms with van der Waals surface area (Å²) in [5, 5.41) is 13.9. The van der Waals surface area contributed by atoms with Gasteiger partial charge in [-0.3, -0.25) is 29.5 Å². The van der Waals surface area contributed by atoms with Gasteiger partial charge < -0.3 is 5.32 Å². The third-order valence-electron chi connectivity index (χ3n) is 7.84. The Bertz CT molecular complexity index is 1450. The van der Waals surface area contributed by atoms with Crippen LogP contribution < -0.4 is 5.32 Å². The zero-order valence-corrected chi connectivity index (χ0v) is 24.3. The molecule has 1 aliphatic rings. The number of nitrogens with zero attached hydrogens (tertiary/aromatic N) is 4. The first-order valence-corrected chi connectivity index (χ1v) is 15.1. The van der Waals surface area contributed by atoms with Crippen LogP contribution in [0.2, 0.25) is 0 Å². The molecule has 1 aliphatic heterocycles. The van der Waals surface area contributed by atoms with Crippen LogP contribution in [0.3, 0.4) is 0 Å². The quantitative estimate of drug-likeness (QED) is 0.283. The minimum atomic E-state index is -0.141. The fourth-order valence-corrected chi connectivity index (χ4v) is 6.34. The average molecular weight is 559 g/mol. The molecule has 40 heavy (non-hydrogen) atoms. The van der Waals surface area contributed by atoms with E-state index in [1.165, 1.54) is 4.88 Å². The zero-order chi connectivity index (χ0) is 28.1. The highest BCUT2D eigenvalue weighted by atomic mass is 32.1. The number of carbonyl (C=O) groups excluding carboxylic acids is 2. The summed E-state index contributed by atoms with van der Waals surface area (Å²) in [5.74, 6) is 0.172. The average Bonchev–Trinajstić information content (AvgIpc) is 3.58. The number of aromatic amines is 1. The Labute approximate surface area is 239 Å². The third-order valence-corrected chi connectivity index (χ3v) is 8.70. The Morgan fingerprint density at radius 2 is 2.00 bits per heavy atom. The van der Waals surface area contributed by atoms with Crippen LogP contribution in [0.4, 0.5) is 0 Å². The first-order valence-electron chi connectivity index (χ1n) is 14.2. The van der Waals surface area contributed by atoms with Crippen molar-refractivity contribution in [3.05, 3.63) is 70.2 Å². The molecule has 0 aliphatic carbocycles. The van der Waals surface area contributed by atoms with Crippen molar-refractivity contribution in [3.8, 4) is 11.3 Å². The highest BCUT2D eigenvalue weighted by molar-refractivity contribution is 7.09. The number of benzene rings is 1. The van der Waals surface area contributed by atoms with Gasteiger partial charge >= 0.3 is 0 Å². The molecule has 4 heterocycles. The van der Waals surface area contributed by atoms with Gasteiger partial charge in [0.15, 0.2) is 5.78 Å². The lowest BCUT2D eigenvalue weighted by Gasteiger charge is -2.32. The summed E-state index contributed by atoms with van der Waals surface area (Å²) in [6, 6.07) is 13.6. The standard InChI is InChI=1S/C31H38N6O2S/c1-4-36(5-2)20-29(38)28-10-6-8-24(18-37(28)19-25-9-7-15-40-25)33-31(39)23-11-12-27-26(17-23)30(35-34-27)22-13-14-32-21(3)16-22/h7,9,11-17,24,28H,4-6,8,10,18-20H2,1-3H3,(H,33,39)(H,34,35). The van der Waals surface area contributed by atoms with E-state index >= 15 is 0 Å². The number of ketones is 1. The van der Waals surface area contributed by atoms with Gasteiger partial charge in [0.1, 0.15) is 5.69 Å². The number of likely N-dealkylation sites (N-methyl/N-ethyl adjacent to an activating group) is 1. The number of nitrogens with one attached hydrogen (secondary N) is 2. The number of Topliss-reactive ketones (excluding diaryl/α,β-unsaturated/α-hetero) is 1. The lowest BCUT2D eigenvalue weighted by atomic mass is 10.0. The van der Waals surface area contributed by atoms with Crippen LogP contribution in [-0.4, -0.2) is 74.9 Å². The number of likely N-dealkylation sites (tertiary alicyclic amines) is 1. The van der Waals surface area contributed by atoms with Crippen molar-refractivity contribution in [2.24, 2.45) is 0 Å². The highest BCUT2D eigenvalue weighted by Crippen LogP contribution is 2.28. The van der Waals surface area contributed by atoms with Crippen molar-refractivity contribution in [2.75, 3.05) is 26.2 Å². The van der Waals surface area contributed by atoms with Crippen LogP contribution in [0, 0.1) is 6.92 Å². The fourth-order valence-electron chi connectivity index (χ4n) is 5.61. The Hall–Kier alpha value is -3.40. The maximum Gasteiger partial charge on any atom is 0.251 e. The van der Waals surface area contributed by atoms with E-state index in [2.05, 4.69) is 61.7 Å². The number of thiophene rings is 1. The number of hydrogen-bond donors (Lipinski definition) is 2. The van der Waals surface area contributed by atoms with E-state index in [1.54, 1.807) is 17.5 Å². The van der Waals surface area contributed by atoms with Crippen LogP contribution in [0.15, 0.2) is 54.0 Å². The molecule has 2 unspecified atom stereocenters. The first kappa shape index (κ1) is 28.1. The second-order valence-corrected chi connectivity index (χ2v) is 11.6. The van der Waals surface area contributed by atoms with Crippen LogP contribution in [0.25, 0.3) is 22.2 Å². The molecule has 2 atom stereocenters.